The molecule has 1 unspecified atom stereocenters. The number of fused-ring (bicyclic) bond motifs is 1. The minimum Gasteiger partial charge on any atom is -0.356 e. The van der Waals surface area contributed by atoms with E-state index in [0.29, 0.717) is 59.6 Å². The fraction of sp³-hybridized carbons (Fsp3) is 0.500. The molecule has 4 aromatic rings. The fourth-order valence-corrected chi connectivity index (χ4v) is 6.30. The zero-order valence-corrected chi connectivity index (χ0v) is 28.7. The molecule has 1 amide bonds. The lowest BCUT2D eigenvalue weighted by atomic mass is 9.92. The van der Waals surface area contributed by atoms with E-state index in [4.69, 9.17) is 4.98 Å². The number of anilines is 2. The first-order valence-corrected chi connectivity index (χ1v) is 16.7. The van der Waals surface area contributed by atoms with Crippen LogP contribution in [0.2, 0.25) is 0 Å². The van der Waals surface area contributed by atoms with Crippen LogP contribution in [0.15, 0.2) is 28.5 Å². The first kappa shape index (κ1) is 34.0. The zero-order valence-electron chi connectivity index (χ0n) is 27.9. The molecular formula is C32H44N11O3S+. The predicted octanol–water partition coefficient (Wildman–Crippen LogP) is 2.86. The predicted molar refractivity (Wildman–Crippen MR) is 184 cm³/mol. The third kappa shape index (κ3) is 8.93. The molecule has 1 aliphatic rings. The van der Waals surface area contributed by atoms with Crippen molar-refractivity contribution < 1.29 is 14.1 Å². The maximum Gasteiger partial charge on any atom is 0.267 e. The Bertz CT molecular complexity index is 1800. The number of pyridine rings is 1. The van der Waals surface area contributed by atoms with Gasteiger partial charge in [-0.1, -0.05) is 20.8 Å². The highest BCUT2D eigenvalue weighted by Crippen LogP contribution is 2.28. The Morgan fingerprint density at radius 3 is 2.70 bits per heavy atom. The summed E-state index contributed by atoms with van der Waals surface area (Å²) in [6.07, 6.45) is 7.03. The van der Waals surface area contributed by atoms with Crippen molar-refractivity contribution >= 4 is 51.8 Å². The summed E-state index contributed by atoms with van der Waals surface area (Å²) < 4.78 is 2.25. The molecule has 47 heavy (non-hydrogen) atoms. The van der Waals surface area contributed by atoms with E-state index in [0.717, 1.165) is 36.1 Å². The molecule has 1 aliphatic heterocycles. The van der Waals surface area contributed by atoms with Crippen LogP contribution in [-0.4, -0.2) is 105 Å². The molecule has 0 saturated carbocycles. The van der Waals surface area contributed by atoms with Crippen LogP contribution >= 0.6 is 11.3 Å². The van der Waals surface area contributed by atoms with Crippen molar-refractivity contribution in [1.29, 1.82) is 0 Å². The van der Waals surface area contributed by atoms with E-state index >= 15 is 0 Å². The average Bonchev–Trinajstić information content (AvgIpc) is 3.71. The average molecular weight is 663 g/mol. The number of ketones is 1. The highest BCUT2D eigenvalue weighted by atomic mass is 32.1. The second-order valence-electron chi connectivity index (χ2n) is 14.0. The molecule has 1 fully saturated rings. The molecule has 0 aromatic carbocycles. The molecular weight excluding hydrogens is 618 g/mol. The van der Waals surface area contributed by atoms with E-state index in [1.165, 1.54) is 15.7 Å². The molecule has 5 heterocycles. The Balaban J connectivity index is 1.39. The number of hydrogen-bond donors (Lipinski definition) is 3. The van der Waals surface area contributed by atoms with Gasteiger partial charge in [0.15, 0.2) is 11.0 Å². The van der Waals surface area contributed by atoms with Gasteiger partial charge in [-0.05, 0) is 48.3 Å². The number of amides is 1. The van der Waals surface area contributed by atoms with Crippen LogP contribution in [0.25, 0.3) is 17.8 Å². The standard InChI is InChI=1S/C32H43N11O3S/c1-32(2,3)25-20-47-31(34-25)36-29(45)22-11-14-42-27(17-22)35-28(24(30(42)46)9-10-26-37-39-40-38-26)41-13-7-8-21(19-41)16-23(44)18-33-12-15-43(4,5)6/h9-11,14,17,20-21,33H,7-8,12-13,15-16,18-19H2,1-6H3,(H-,34,36,37,38,39,40,45)/p+1. The molecule has 14 nitrogen and oxygen atoms in total. The summed E-state index contributed by atoms with van der Waals surface area (Å²) in [5.74, 6) is 0.766. The smallest absolute Gasteiger partial charge is 0.267 e. The summed E-state index contributed by atoms with van der Waals surface area (Å²) >= 11 is 1.37. The Morgan fingerprint density at radius 1 is 1.19 bits per heavy atom. The van der Waals surface area contributed by atoms with Crippen molar-refractivity contribution in [3.63, 3.8) is 0 Å². The highest BCUT2D eigenvalue weighted by Gasteiger charge is 2.26. The van der Waals surface area contributed by atoms with Gasteiger partial charge in [-0.15, -0.1) is 21.5 Å². The summed E-state index contributed by atoms with van der Waals surface area (Å²) in [5.41, 5.74) is 1.51. The summed E-state index contributed by atoms with van der Waals surface area (Å²) in [6.45, 7) is 9.51. The Morgan fingerprint density at radius 2 is 2.00 bits per heavy atom. The van der Waals surface area contributed by atoms with Gasteiger partial charge in [0.2, 0.25) is 0 Å². The van der Waals surface area contributed by atoms with Gasteiger partial charge in [0, 0.05) is 48.6 Å². The number of likely N-dealkylation sites (N-methyl/N-ethyl adjacent to an activating group) is 1. The third-order valence-corrected chi connectivity index (χ3v) is 8.74. The van der Waals surface area contributed by atoms with E-state index in [-0.39, 0.29) is 28.6 Å². The number of H-pyrrole nitrogens is 1. The van der Waals surface area contributed by atoms with Crippen molar-refractivity contribution in [3.8, 4) is 0 Å². The topological polar surface area (TPSA) is 163 Å². The SMILES string of the molecule is CC(C)(C)c1csc(NC(=O)c2ccn3c(=O)c(C=Cc4nn[nH]n4)c(N4CCCC(CC(=O)CNCC[N+](C)(C)C)C4)nc3c2)n1. The van der Waals surface area contributed by atoms with Crippen LogP contribution < -0.4 is 21.1 Å². The van der Waals surface area contributed by atoms with Crippen LogP contribution in [0.3, 0.4) is 0 Å². The number of Topliss-reactive ketones (excluding diaryl/α,β-unsaturated/α-hetero) is 1. The quantitative estimate of drug-likeness (QED) is 0.152. The van der Waals surface area contributed by atoms with E-state index in [1.807, 2.05) is 5.38 Å². The van der Waals surface area contributed by atoms with Crippen LogP contribution in [0.4, 0.5) is 10.9 Å². The second-order valence-corrected chi connectivity index (χ2v) is 14.9. The first-order chi connectivity index (χ1) is 22.3. The van der Waals surface area contributed by atoms with Gasteiger partial charge in [0.05, 0.1) is 45.5 Å². The monoisotopic (exact) mass is 662 g/mol. The minimum atomic E-state index is -0.342. The van der Waals surface area contributed by atoms with Gasteiger partial charge < -0.3 is 14.7 Å². The number of aromatic amines is 1. The first-order valence-electron chi connectivity index (χ1n) is 15.8. The zero-order chi connectivity index (χ0) is 33.8. The largest absolute Gasteiger partial charge is 0.356 e. The summed E-state index contributed by atoms with van der Waals surface area (Å²) in [7, 11) is 6.37. The number of carbonyl (C=O) groups excluding carboxylic acids is 2. The van der Waals surface area contributed by atoms with Gasteiger partial charge >= 0.3 is 0 Å². The molecule has 3 N–H and O–H groups in total. The van der Waals surface area contributed by atoms with Crippen molar-refractivity contribution in [1.82, 2.24) is 40.3 Å². The molecule has 0 spiro atoms. The Kier molecular flexibility index (Phi) is 10.3. The Labute approximate surface area is 277 Å². The number of piperidine rings is 1. The molecule has 15 heteroatoms. The maximum atomic E-state index is 13.9. The number of quaternary nitrogens is 1. The van der Waals surface area contributed by atoms with Crippen molar-refractivity contribution in [2.45, 2.75) is 45.4 Å². The molecule has 1 saturated heterocycles. The number of aromatic nitrogens is 7. The van der Waals surface area contributed by atoms with Crippen LogP contribution in [-0.2, 0) is 10.2 Å². The number of thiazole rings is 1. The molecule has 0 aliphatic carbocycles. The summed E-state index contributed by atoms with van der Waals surface area (Å²) in [5, 5.41) is 22.5. The van der Waals surface area contributed by atoms with Crippen molar-refractivity contribution in [3.05, 3.63) is 56.7 Å². The minimum absolute atomic E-state index is 0.124. The lowest BCUT2D eigenvalue weighted by Gasteiger charge is -2.34. The van der Waals surface area contributed by atoms with Gasteiger partial charge in [0.1, 0.15) is 17.2 Å². The third-order valence-electron chi connectivity index (χ3n) is 7.98. The lowest BCUT2D eigenvalue weighted by molar-refractivity contribution is -0.869. The van der Waals surface area contributed by atoms with Crippen LogP contribution in [0, 0.1) is 5.92 Å². The molecule has 0 bridgehead atoms. The van der Waals surface area contributed by atoms with E-state index in [1.54, 1.807) is 30.5 Å². The lowest BCUT2D eigenvalue weighted by Crippen LogP contribution is -2.42. The molecule has 1 atom stereocenters. The second kappa shape index (κ2) is 14.2. The highest BCUT2D eigenvalue weighted by molar-refractivity contribution is 7.14. The molecule has 0 radical (unpaired) electrons. The number of carbonyl (C=O) groups is 2. The van der Waals surface area contributed by atoms with Gasteiger partial charge in [-0.3, -0.25) is 24.1 Å². The number of hydrogen-bond acceptors (Lipinski definition) is 11. The Hall–Kier alpha value is -4.34. The normalized spacial score (nSPS) is 15.9. The fourth-order valence-electron chi connectivity index (χ4n) is 5.37. The maximum absolute atomic E-state index is 13.9. The van der Waals surface area contributed by atoms with Crippen molar-refractivity contribution in [2.24, 2.45) is 5.92 Å². The summed E-state index contributed by atoms with van der Waals surface area (Å²) in [4.78, 5) is 51.6. The van der Waals surface area contributed by atoms with Gasteiger partial charge in [-0.25, -0.2) is 9.97 Å². The van der Waals surface area contributed by atoms with Gasteiger partial charge in [0.25, 0.3) is 11.5 Å². The molecule has 4 aromatic heterocycles. The number of tetrazole rings is 1. The van der Waals surface area contributed by atoms with E-state index in [2.05, 4.69) is 83.1 Å². The van der Waals surface area contributed by atoms with Crippen LogP contribution in [0.5, 0.6) is 0 Å². The molecule has 250 valence electrons. The van der Waals surface area contributed by atoms with E-state index < -0.39 is 0 Å². The molecule has 5 rings (SSSR count). The van der Waals surface area contributed by atoms with Gasteiger partial charge in [-0.2, -0.15) is 5.21 Å². The van der Waals surface area contributed by atoms with E-state index in [9.17, 15) is 14.4 Å². The number of nitrogens with zero attached hydrogens (tertiary/aromatic N) is 8. The number of rotatable bonds is 12. The number of nitrogens with one attached hydrogen (secondary N) is 3. The van der Waals surface area contributed by atoms with Crippen LogP contribution in [0.1, 0.15) is 67.5 Å². The van der Waals surface area contributed by atoms with Crippen molar-refractivity contribution in [2.75, 3.05) is 64.1 Å². The summed E-state index contributed by atoms with van der Waals surface area (Å²) in [6, 6.07) is 3.20.